The van der Waals surface area contributed by atoms with Crippen LogP contribution in [0, 0.1) is 0 Å². The molecule has 0 aliphatic heterocycles. The molecule has 16 heteroatoms. The van der Waals surface area contributed by atoms with E-state index < -0.39 is 72.3 Å². The SMILES string of the molecule is CCCCC/C=C\C/C=C\C/C=C\C/C=C\C/C=C\CCC(=O)O[C@H](COC(=O)CCC/C=C\C/C=C\C/C=C\C/C=C\C=C\[C@@H](O)CC)COP(=O)(O)OC[C@@H](O)COP(=O)(O)O. The summed E-state index contributed by atoms with van der Waals surface area (Å²) in [7, 11) is -9.75. The molecule has 14 nitrogen and oxygen atoms in total. The van der Waals surface area contributed by atoms with E-state index in [1.807, 2.05) is 61.6 Å². The van der Waals surface area contributed by atoms with Crippen LogP contribution in [0.2, 0.25) is 0 Å². The Bertz CT molecular complexity index is 1600. The van der Waals surface area contributed by atoms with Crippen LogP contribution in [0.15, 0.2) is 122 Å². The van der Waals surface area contributed by atoms with Gasteiger partial charge in [0.1, 0.15) is 12.7 Å². The fraction of sp³-hybridized carbons (Fsp3) is 0.542. The molecule has 1 unspecified atom stereocenters. The number of hydrogen-bond donors (Lipinski definition) is 5. The first-order chi connectivity index (χ1) is 30.8. The van der Waals surface area contributed by atoms with Crippen molar-refractivity contribution in [2.24, 2.45) is 0 Å². The lowest BCUT2D eigenvalue weighted by molar-refractivity contribution is -0.161. The molecular weight excluding hydrogens is 862 g/mol. The number of hydrogen-bond acceptors (Lipinski definition) is 11. The zero-order chi connectivity index (χ0) is 47.4. The predicted molar refractivity (Wildman–Crippen MR) is 254 cm³/mol. The van der Waals surface area contributed by atoms with Crippen molar-refractivity contribution in [1.82, 2.24) is 0 Å². The van der Waals surface area contributed by atoms with Crippen LogP contribution in [0.1, 0.15) is 123 Å². The number of carbonyl (C=O) groups excluding carboxylic acids is 2. The smallest absolute Gasteiger partial charge is 0.462 e. The van der Waals surface area contributed by atoms with Crippen LogP contribution in [0.5, 0.6) is 0 Å². The van der Waals surface area contributed by atoms with Gasteiger partial charge >= 0.3 is 27.6 Å². The largest absolute Gasteiger partial charge is 0.472 e. The molecule has 4 atom stereocenters. The number of carbonyl (C=O) groups is 2. The third-order valence-electron chi connectivity index (χ3n) is 8.50. The van der Waals surface area contributed by atoms with Crippen LogP contribution < -0.4 is 0 Å². The van der Waals surface area contributed by atoms with Gasteiger partial charge in [-0.25, -0.2) is 9.13 Å². The van der Waals surface area contributed by atoms with E-state index in [9.17, 15) is 33.8 Å². The molecule has 0 rings (SSSR count). The Labute approximate surface area is 382 Å². The normalized spacial score (nSPS) is 15.5. The van der Waals surface area contributed by atoms with Gasteiger partial charge in [0.2, 0.25) is 0 Å². The monoisotopic (exact) mass is 938 g/mol. The molecule has 0 aliphatic carbocycles. The van der Waals surface area contributed by atoms with Gasteiger partial charge in [-0.3, -0.25) is 23.2 Å². The van der Waals surface area contributed by atoms with E-state index in [0.29, 0.717) is 32.1 Å². The van der Waals surface area contributed by atoms with Gasteiger partial charge in [-0.15, -0.1) is 0 Å². The molecule has 0 heterocycles. The summed E-state index contributed by atoms with van der Waals surface area (Å²) < 4.78 is 47.6. The van der Waals surface area contributed by atoms with E-state index in [2.05, 4.69) is 76.7 Å². The Hall–Kier alpha value is -3.52. The van der Waals surface area contributed by atoms with Crippen molar-refractivity contribution in [2.75, 3.05) is 26.4 Å². The quantitative estimate of drug-likeness (QED) is 0.0127. The van der Waals surface area contributed by atoms with Crippen molar-refractivity contribution in [2.45, 2.75) is 141 Å². The van der Waals surface area contributed by atoms with Gasteiger partial charge in [-0.2, -0.15) is 0 Å². The molecule has 0 bridgehead atoms. The first-order valence-corrected chi connectivity index (χ1v) is 25.4. The van der Waals surface area contributed by atoms with Crippen molar-refractivity contribution in [1.29, 1.82) is 0 Å². The molecule has 5 N–H and O–H groups in total. The van der Waals surface area contributed by atoms with Gasteiger partial charge in [0, 0.05) is 12.8 Å². The van der Waals surface area contributed by atoms with Crippen LogP contribution in [-0.2, 0) is 41.8 Å². The third-order valence-corrected chi connectivity index (χ3v) is 9.93. The number of ether oxygens (including phenoxy) is 2. The molecule has 0 saturated heterocycles. The molecule has 0 amide bonds. The number of aliphatic hydroxyl groups excluding tert-OH is 2. The number of rotatable bonds is 40. The molecule has 64 heavy (non-hydrogen) atoms. The molecule has 0 aromatic carbocycles. The molecule has 0 aliphatic rings. The van der Waals surface area contributed by atoms with Crippen molar-refractivity contribution < 1.29 is 66.7 Å². The van der Waals surface area contributed by atoms with Gasteiger partial charge in [0.05, 0.1) is 25.9 Å². The fourth-order valence-corrected chi connectivity index (χ4v) is 6.12. The second kappa shape index (κ2) is 42.1. The molecule has 0 saturated carbocycles. The predicted octanol–water partition coefficient (Wildman–Crippen LogP) is 10.6. The number of aliphatic hydroxyl groups is 2. The van der Waals surface area contributed by atoms with Gasteiger partial charge in [0.25, 0.3) is 0 Å². The summed E-state index contributed by atoms with van der Waals surface area (Å²) in [4.78, 5) is 52.7. The Balaban J connectivity index is 4.76. The highest BCUT2D eigenvalue weighted by atomic mass is 31.2. The molecule has 0 spiro atoms. The minimum atomic E-state index is -4.89. The number of esters is 2. The zero-order valence-electron chi connectivity index (χ0n) is 37.9. The second-order valence-electron chi connectivity index (χ2n) is 14.4. The number of allylic oxidation sites excluding steroid dienone is 19. The maximum absolute atomic E-state index is 12.6. The molecule has 0 aromatic heterocycles. The lowest BCUT2D eigenvalue weighted by Crippen LogP contribution is -2.29. The summed E-state index contributed by atoms with van der Waals surface area (Å²) in [6.07, 6.45) is 50.2. The highest BCUT2D eigenvalue weighted by Crippen LogP contribution is 2.43. The summed E-state index contributed by atoms with van der Waals surface area (Å²) in [5, 5.41) is 19.2. The van der Waals surface area contributed by atoms with Gasteiger partial charge in [-0.1, -0.05) is 148 Å². The van der Waals surface area contributed by atoms with Crippen molar-refractivity contribution >= 4 is 27.6 Å². The Morgan fingerprint density at radius 1 is 0.516 bits per heavy atom. The van der Waals surface area contributed by atoms with E-state index >= 15 is 0 Å². The highest BCUT2D eigenvalue weighted by molar-refractivity contribution is 7.47. The zero-order valence-corrected chi connectivity index (χ0v) is 39.7. The van der Waals surface area contributed by atoms with E-state index in [4.69, 9.17) is 23.8 Å². The Morgan fingerprint density at radius 3 is 1.50 bits per heavy atom. The molecule has 362 valence electrons. The van der Waals surface area contributed by atoms with Crippen LogP contribution in [0.4, 0.5) is 0 Å². The molecular formula is C48H76O14P2. The van der Waals surface area contributed by atoms with E-state index in [0.717, 1.165) is 44.9 Å². The number of unbranched alkanes of at least 4 members (excludes halogenated alkanes) is 4. The summed E-state index contributed by atoms with van der Waals surface area (Å²) in [6, 6.07) is 0. The van der Waals surface area contributed by atoms with E-state index in [-0.39, 0.29) is 12.8 Å². The third kappa shape index (κ3) is 45.1. The topological polar surface area (TPSA) is 216 Å². The lowest BCUT2D eigenvalue weighted by atomic mass is 10.2. The van der Waals surface area contributed by atoms with Crippen LogP contribution in [0.25, 0.3) is 0 Å². The summed E-state index contributed by atoms with van der Waals surface area (Å²) >= 11 is 0. The number of phosphoric ester groups is 2. The van der Waals surface area contributed by atoms with Crippen LogP contribution >= 0.6 is 15.6 Å². The summed E-state index contributed by atoms with van der Waals surface area (Å²) in [5.74, 6) is -1.23. The van der Waals surface area contributed by atoms with E-state index in [1.165, 1.54) is 19.3 Å². The molecule has 0 fully saturated rings. The van der Waals surface area contributed by atoms with Crippen molar-refractivity contribution in [3.05, 3.63) is 122 Å². The first kappa shape index (κ1) is 60.5. The van der Waals surface area contributed by atoms with Crippen molar-refractivity contribution in [3.8, 4) is 0 Å². The summed E-state index contributed by atoms with van der Waals surface area (Å²) in [5.41, 5.74) is 0. The van der Waals surface area contributed by atoms with Crippen LogP contribution in [0.3, 0.4) is 0 Å². The van der Waals surface area contributed by atoms with Crippen LogP contribution in [-0.4, -0.2) is 81.6 Å². The Morgan fingerprint density at radius 2 is 0.984 bits per heavy atom. The average molecular weight is 939 g/mol. The van der Waals surface area contributed by atoms with E-state index in [1.54, 1.807) is 6.08 Å². The van der Waals surface area contributed by atoms with Gasteiger partial charge in [0.15, 0.2) is 6.10 Å². The molecule has 0 radical (unpaired) electrons. The fourth-order valence-electron chi connectivity index (χ4n) is 4.96. The maximum atomic E-state index is 12.6. The minimum Gasteiger partial charge on any atom is -0.462 e. The van der Waals surface area contributed by atoms with Gasteiger partial charge in [-0.05, 0) is 83.5 Å². The second-order valence-corrected chi connectivity index (χ2v) is 17.1. The molecule has 0 aromatic rings. The standard InChI is InChI=1S/C48H76O14P2/c1-3-5-6-7-8-9-10-11-12-13-14-15-16-21-24-27-30-33-36-39-48(52)62-46(43-61-64(56,57)60-41-45(50)40-59-63(53,54)55)42-58-47(51)38-35-32-29-26-23-20-18-17-19-22-25-28-31-34-37-44(49)4-2/h8-9,11-12,14-15,18-22,24,26,28-31,33-34,37,44-46,49-50H,3-7,10,13,16-17,23,25,27,32,35-36,38-43H2,1-2H3,(H,56,57)(H2,53,54,55)/b9-8-,12-11-,15-14-,20-18-,22-19-,24-21-,29-26-,31-28-,33-30-,37-34+/t44-,45-,46+/m0/s1. The lowest BCUT2D eigenvalue weighted by Gasteiger charge is -2.20. The maximum Gasteiger partial charge on any atom is 0.472 e. The highest BCUT2D eigenvalue weighted by Gasteiger charge is 2.28. The number of phosphoric acid groups is 2. The van der Waals surface area contributed by atoms with Gasteiger partial charge < -0.3 is 34.4 Å². The minimum absolute atomic E-state index is 0.0191. The Kier molecular flexibility index (Phi) is 39.8. The van der Waals surface area contributed by atoms with Crippen molar-refractivity contribution in [3.63, 3.8) is 0 Å². The average Bonchev–Trinajstić information content (AvgIpc) is 3.26. The summed E-state index contributed by atoms with van der Waals surface area (Å²) in [6.45, 7) is 1.22. The first-order valence-electron chi connectivity index (χ1n) is 22.3.